The van der Waals surface area contributed by atoms with Gasteiger partial charge in [0.25, 0.3) is 0 Å². The van der Waals surface area contributed by atoms with Crippen molar-refractivity contribution in [1.29, 1.82) is 0 Å². The van der Waals surface area contributed by atoms with Crippen molar-refractivity contribution in [3.63, 3.8) is 0 Å². The van der Waals surface area contributed by atoms with Gasteiger partial charge in [-0.2, -0.15) is 26.3 Å². The Labute approximate surface area is 306 Å². The lowest BCUT2D eigenvalue weighted by molar-refractivity contribution is -0.124. The molecule has 8 aromatic rings. The Morgan fingerprint density at radius 1 is 0.593 bits per heavy atom. The topological polar surface area (TPSA) is 26.0 Å². The number of alkyl halides is 6. The third kappa shape index (κ3) is 7.03. The first kappa shape index (κ1) is 34.7. The number of nitrogens with zero attached hydrogens (tertiary/aromatic N) is 1. The second-order valence-electron chi connectivity index (χ2n) is 13.1. The van der Waals surface area contributed by atoms with Crippen molar-refractivity contribution >= 4 is 49.0 Å². The highest BCUT2D eigenvalue weighted by Crippen LogP contribution is 2.36. The molecule has 0 aliphatic heterocycles. The summed E-state index contributed by atoms with van der Waals surface area (Å²) in [6.07, 6.45) is -8.63. The molecule has 266 valence electrons. The molecule has 54 heavy (non-hydrogen) atoms. The fraction of sp³-hybridized carbons (Fsp3) is 0.0652. The van der Waals surface area contributed by atoms with Crippen molar-refractivity contribution in [1.82, 2.24) is 4.98 Å². The molecular formula is C46H29F6NO. The van der Waals surface area contributed by atoms with E-state index < -0.39 is 24.3 Å². The molecule has 2 nitrogen and oxygen atoms in total. The molecule has 0 radical (unpaired) electrons. The zero-order valence-electron chi connectivity index (χ0n) is 28.5. The summed E-state index contributed by atoms with van der Waals surface area (Å²) < 4.78 is 85.7. The van der Waals surface area contributed by atoms with E-state index in [0.717, 1.165) is 71.9 Å². The first-order valence-electron chi connectivity index (χ1n) is 17.1. The average Bonchev–Trinajstić information content (AvgIpc) is 3.61. The highest BCUT2D eigenvalue weighted by atomic mass is 19.4. The standard InChI is InChI=1S/C46H29F6NO/c1-2-39(46(50,51)52)27-36(21-22-45(47,48)49)35-18-20-41-38(26-35)16-15-37-25-34(17-19-40(37)41)33-14-13-31-23-30(11-12-32(31)24-33)28-7-9-29(10-8-28)44-53-42-5-3-4-6-43(42)54-44/h2-21,23-27H,1,22H2/b36-21+,39-27+. The van der Waals surface area contributed by atoms with E-state index >= 15 is 0 Å². The van der Waals surface area contributed by atoms with Crippen LogP contribution < -0.4 is 0 Å². The maximum absolute atomic E-state index is 13.5. The van der Waals surface area contributed by atoms with Gasteiger partial charge in [-0.25, -0.2) is 4.98 Å². The van der Waals surface area contributed by atoms with Crippen LogP contribution in [-0.4, -0.2) is 17.3 Å². The van der Waals surface area contributed by atoms with Gasteiger partial charge in [0.15, 0.2) is 5.58 Å². The predicted octanol–water partition coefficient (Wildman–Crippen LogP) is 14.3. The van der Waals surface area contributed by atoms with Crippen LogP contribution in [0.2, 0.25) is 0 Å². The monoisotopic (exact) mass is 725 g/mol. The second-order valence-corrected chi connectivity index (χ2v) is 13.1. The van der Waals surface area contributed by atoms with E-state index in [9.17, 15) is 26.3 Å². The molecule has 0 amide bonds. The number of benzene rings is 7. The van der Waals surface area contributed by atoms with E-state index in [2.05, 4.69) is 66.2 Å². The number of oxazole rings is 1. The molecule has 0 saturated heterocycles. The molecule has 8 heteroatoms. The molecule has 1 aromatic heterocycles. The molecular weight excluding hydrogens is 697 g/mol. The van der Waals surface area contributed by atoms with Crippen molar-refractivity contribution in [3.05, 3.63) is 169 Å². The summed E-state index contributed by atoms with van der Waals surface area (Å²) in [5.74, 6) is 0.581. The van der Waals surface area contributed by atoms with E-state index in [4.69, 9.17) is 4.42 Å². The van der Waals surface area contributed by atoms with E-state index in [1.165, 1.54) is 0 Å². The molecule has 0 spiro atoms. The van der Waals surface area contributed by atoms with Crippen LogP contribution >= 0.6 is 0 Å². The maximum atomic E-state index is 13.5. The van der Waals surface area contributed by atoms with Crippen LogP contribution in [0.3, 0.4) is 0 Å². The van der Waals surface area contributed by atoms with Crippen molar-refractivity contribution in [2.75, 3.05) is 0 Å². The number of aromatic nitrogens is 1. The minimum absolute atomic E-state index is 0.185. The first-order chi connectivity index (χ1) is 25.9. The molecule has 1 heterocycles. The van der Waals surface area contributed by atoms with E-state index in [0.29, 0.717) is 23.4 Å². The lowest BCUT2D eigenvalue weighted by atomic mass is 9.93. The van der Waals surface area contributed by atoms with Gasteiger partial charge in [0.2, 0.25) is 5.89 Å². The van der Waals surface area contributed by atoms with Crippen LogP contribution in [0.25, 0.3) is 82.7 Å². The quantitative estimate of drug-likeness (QED) is 0.0929. The minimum atomic E-state index is -4.76. The fourth-order valence-electron chi connectivity index (χ4n) is 6.75. The molecule has 0 aliphatic rings. The summed E-state index contributed by atoms with van der Waals surface area (Å²) in [4.78, 5) is 4.60. The highest BCUT2D eigenvalue weighted by Gasteiger charge is 2.32. The predicted molar refractivity (Wildman–Crippen MR) is 206 cm³/mol. The van der Waals surface area contributed by atoms with Gasteiger partial charge in [0.05, 0.1) is 12.0 Å². The van der Waals surface area contributed by atoms with Gasteiger partial charge in [-0.15, -0.1) is 0 Å². The lowest BCUT2D eigenvalue weighted by Gasteiger charge is -2.13. The summed E-state index contributed by atoms with van der Waals surface area (Å²) in [7, 11) is 0. The summed E-state index contributed by atoms with van der Waals surface area (Å²) in [5.41, 5.74) is 5.59. The smallest absolute Gasteiger partial charge is 0.416 e. The molecule has 0 aliphatic carbocycles. The van der Waals surface area contributed by atoms with Crippen LogP contribution in [0.5, 0.6) is 0 Å². The zero-order valence-corrected chi connectivity index (χ0v) is 28.5. The fourth-order valence-corrected chi connectivity index (χ4v) is 6.75. The van der Waals surface area contributed by atoms with Gasteiger partial charge >= 0.3 is 12.4 Å². The Morgan fingerprint density at radius 3 is 1.76 bits per heavy atom. The van der Waals surface area contributed by atoms with Gasteiger partial charge in [-0.05, 0) is 120 Å². The van der Waals surface area contributed by atoms with Gasteiger partial charge in [-0.1, -0.05) is 104 Å². The number of hydrogen-bond donors (Lipinski definition) is 0. The van der Waals surface area contributed by atoms with E-state index in [-0.39, 0.29) is 11.1 Å². The maximum Gasteiger partial charge on any atom is 0.416 e. The van der Waals surface area contributed by atoms with E-state index in [1.807, 2.05) is 60.7 Å². The van der Waals surface area contributed by atoms with Crippen LogP contribution in [0, 0.1) is 0 Å². The van der Waals surface area contributed by atoms with Crippen molar-refractivity contribution in [2.45, 2.75) is 18.8 Å². The van der Waals surface area contributed by atoms with Crippen molar-refractivity contribution < 1.29 is 30.8 Å². The van der Waals surface area contributed by atoms with Crippen molar-refractivity contribution in [3.8, 4) is 33.7 Å². The van der Waals surface area contributed by atoms with Crippen LogP contribution in [0.4, 0.5) is 26.3 Å². The average molecular weight is 726 g/mol. The number of halogens is 6. The van der Waals surface area contributed by atoms with E-state index in [1.54, 1.807) is 18.2 Å². The number of para-hydroxylation sites is 2. The molecule has 0 bridgehead atoms. The molecule has 0 saturated carbocycles. The van der Waals surface area contributed by atoms with Gasteiger partial charge < -0.3 is 4.42 Å². The van der Waals surface area contributed by atoms with Crippen LogP contribution in [0.15, 0.2) is 168 Å². The third-order valence-corrected chi connectivity index (χ3v) is 9.51. The van der Waals surface area contributed by atoms with Crippen LogP contribution in [-0.2, 0) is 0 Å². The Morgan fingerprint density at radius 2 is 1.13 bits per heavy atom. The molecule has 0 unspecified atom stereocenters. The SMILES string of the molecule is C=C/C(=C\C(=C/CC(F)(F)F)c1ccc2c(ccc3cc(-c4ccc5cc(-c6ccc(-c7nc8ccccc8o7)cc6)ccc5c4)ccc32)c1)C(F)(F)F. The van der Waals surface area contributed by atoms with Gasteiger partial charge in [0.1, 0.15) is 5.52 Å². The summed E-state index contributed by atoms with van der Waals surface area (Å²) in [5, 5.41) is 5.55. The lowest BCUT2D eigenvalue weighted by Crippen LogP contribution is -2.10. The Balaban J connectivity index is 1.06. The Hall–Kier alpha value is -6.41. The summed E-state index contributed by atoms with van der Waals surface area (Å²) in [6.45, 7) is 3.20. The molecule has 0 N–H and O–H groups in total. The molecule has 8 rings (SSSR count). The molecule has 0 atom stereocenters. The largest absolute Gasteiger partial charge is 0.436 e. The van der Waals surface area contributed by atoms with Crippen molar-refractivity contribution in [2.24, 2.45) is 0 Å². The molecule has 0 fully saturated rings. The number of fused-ring (bicyclic) bond motifs is 5. The minimum Gasteiger partial charge on any atom is -0.436 e. The Kier molecular flexibility index (Phi) is 8.69. The highest BCUT2D eigenvalue weighted by molar-refractivity contribution is 6.09. The normalized spacial score (nSPS) is 13.0. The summed E-state index contributed by atoms with van der Waals surface area (Å²) in [6, 6.07) is 43.2. The Bertz CT molecular complexity index is 2750. The third-order valence-electron chi connectivity index (χ3n) is 9.51. The van der Waals surface area contributed by atoms with Crippen LogP contribution in [0.1, 0.15) is 12.0 Å². The second kappa shape index (κ2) is 13.5. The first-order valence-corrected chi connectivity index (χ1v) is 17.1. The molecule has 7 aromatic carbocycles. The van der Waals surface area contributed by atoms with Gasteiger partial charge in [0, 0.05) is 5.56 Å². The zero-order chi connectivity index (χ0) is 37.6. The number of rotatable bonds is 7. The summed E-state index contributed by atoms with van der Waals surface area (Å²) >= 11 is 0. The number of hydrogen-bond acceptors (Lipinski definition) is 2. The number of allylic oxidation sites excluding steroid dienone is 5. The van der Waals surface area contributed by atoms with Gasteiger partial charge in [-0.3, -0.25) is 0 Å².